The van der Waals surface area contributed by atoms with Crippen molar-refractivity contribution in [3.05, 3.63) is 29.8 Å². The third-order valence-electron chi connectivity index (χ3n) is 2.86. The smallest absolute Gasteiger partial charge is 0.338 e. The quantitative estimate of drug-likeness (QED) is 0.839. The number of carbonyl (C=O) groups is 2. The van der Waals surface area contributed by atoms with Crippen molar-refractivity contribution in [2.45, 2.75) is 26.9 Å². The summed E-state index contributed by atoms with van der Waals surface area (Å²) in [5, 5.41) is 19.4. The van der Waals surface area contributed by atoms with Crippen LogP contribution in [0.2, 0.25) is 0 Å². The molecule has 0 aliphatic rings. The van der Waals surface area contributed by atoms with Crippen LogP contribution in [0.15, 0.2) is 18.6 Å². The van der Waals surface area contributed by atoms with Gasteiger partial charge in [0.05, 0.1) is 29.3 Å². The van der Waals surface area contributed by atoms with Crippen molar-refractivity contribution >= 4 is 17.6 Å². The van der Waals surface area contributed by atoms with Crippen molar-refractivity contribution in [2.24, 2.45) is 0 Å². The number of aryl methyl sites for hydroxylation is 1. The van der Waals surface area contributed by atoms with Gasteiger partial charge in [-0.15, -0.1) is 0 Å². The average molecular weight is 277 g/mol. The van der Waals surface area contributed by atoms with E-state index in [0.717, 1.165) is 12.2 Å². The average Bonchev–Trinajstić information content (AvgIpc) is 2.98. The number of nitrogens with one attached hydrogen (secondary N) is 1. The lowest BCUT2D eigenvalue weighted by molar-refractivity contribution is -0.116. The second-order valence-corrected chi connectivity index (χ2v) is 4.24. The fraction of sp³-hybridized carbons (Fsp3) is 0.333. The third kappa shape index (κ3) is 2.85. The number of nitrogens with zero attached hydrogens (tertiary/aromatic N) is 4. The lowest BCUT2D eigenvalue weighted by Gasteiger charge is -2.05. The molecule has 2 aromatic heterocycles. The minimum Gasteiger partial charge on any atom is -0.478 e. The standard InChI is InChI=1S/C12H15N5O3/c1-3-17-8(2)10(5-14-17)15-11(18)7-16-6-9(4-13-16)12(19)20/h4-6H,3,7H2,1-2H3,(H,15,18)(H,19,20). The number of aromatic nitrogens is 4. The Balaban J connectivity index is 2.01. The Labute approximate surface area is 115 Å². The summed E-state index contributed by atoms with van der Waals surface area (Å²) < 4.78 is 3.05. The summed E-state index contributed by atoms with van der Waals surface area (Å²) in [6.07, 6.45) is 4.10. The van der Waals surface area contributed by atoms with Gasteiger partial charge in [-0.3, -0.25) is 14.2 Å². The van der Waals surface area contributed by atoms with Gasteiger partial charge in [0, 0.05) is 12.7 Å². The Hall–Kier alpha value is -2.64. The zero-order valence-corrected chi connectivity index (χ0v) is 11.2. The first-order valence-corrected chi connectivity index (χ1v) is 6.09. The normalized spacial score (nSPS) is 10.5. The van der Waals surface area contributed by atoms with Crippen LogP contribution in [0, 0.1) is 6.92 Å². The molecule has 8 nitrogen and oxygen atoms in total. The number of rotatable bonds is 5. The predicted molar refractivity (Wildman–Crippen MR) is 70.5 cm³/mol. The largest absolute Gasteiger partial charge is 0.478 e. The molecule has 8 heteroatoms. The summed E-state index contributed by atoms with van der Waals surface area (Å²) in [4.78, 5) is 22.6. The Morgan fingerprint density at radius 3 is 2.65 bits per heavy atom. The van der Waals surface area contributed by atoms with Gasteiger partial charge in [-0.25, -0.2) is 4.79 Å². The van der Waals surface area contributed by atoms with E-state index < -0.39 is 5.97 Å². The van der Waals surface area contributed by atoms with Gasteiger partial charge < -0.3 is 10.4 Å². The van der Waals surface area contributed by atoms with E-state index in [1.165, 1.54) is 17.1 Å². The zero-order valence-electron chi connectivity index (χ0n) is 11.2. The van der Waals surface area contributed by atoms with Gasteiger partial charge in [-0.2, -0.15) is 10.2 Å². The lowest BCUT2D eigenvalue weighted by atomic mass is 10.3. The molecule has 0 atom stereocenters. The molecule has 0 unspecified atom stereocenters. The van der Waals surface area contributed by atoms with Crippen LogP contribution in [0.5, 0.6) is 0 Å². The van der Waals surface area contributed by atoms with E-state index in [9.17, 15) is 9.59 Å². The summed E-state index contributed by atoms with van der Waals surface area (Å²) in [6.45, 7) is 4.50. The van der Waals surface area contributed by atoms with E-state index >= 15 is 0 Å². The van der Waals surface area contributed by atoms with E-state index in [4.69, 9.17) is 5.11 Å². The van der Waals surface area contributed by atoms with Gasteiger partial charge in [0.25, 0.3) is 0 Å². The van der Waals surface area contributed by atoms with Crippen LogP contribution in [0.1, 0.15) is 23.0 Å². The van der Waals surface area contributed by atoms with Crippen LogP contribution in [-0.4, -0.2) is 36.5 Å². The highest BCUT2D eigenvalue weighted by Crippen LogP contribution is 2.13. The van der Waals surface area contributed by atoms with Gasteiger partial charge in [-0.05, 0) is 13.8 Å². The molecule has 2 N–H and O–H groups in total. The van der Waals surface area contributed by atoms with Crippen LogP contribution in [0.25, 0.3) is 0 Å². The Bertz CT molecular complexity index is 643. The third-order valence-corrected chi connectivity index (χ3v) is 2.86. The fourth-order valence-electron chi connectivity index (χ4n) is 1.79. The first kappa shape index (κ1) is 13.8. The number of hydrogen-bond acceptors (Lipinski definition) is 4. The molecule has 2 rings (SSSR count). The molecule has 0 bridgehead atoms. The second kappa shape index (κ2) is 5.55. The van der Waals surface area contributed by atoms with E-state index in [1.54, 1.807) is 10.9 Å². The Morgan fingerprint density at radius 1 is 1.35 bits per heavy atom. The maximum absolute atomic E-state index is 11.9. The van der Waals surface area contributed by atoms with Crippen molar-refractivity contribution in [1.29, 1.82) is 0 Å². The monoisotopic (exact) mass is 277 g/mol. The van der Waals surface area contributed by atoms with Crippen molar-refractivity contribution < 1.29 is 14.7 Å². The number of carboxylic acid groups (broad SMARTS) is 1. The summed E-state index contributed by atoms with van der Waals surface area (Å²) in [6, 6.07) is 0. The van der Waals surface area contributed by atoms with Gasteiger partial charge in [-0.1, -0.05) is 0 Å². The van der Waals surface area contributed by atoms with Crippen LogP contribution in [-0.2, 0) is 17.9 Å². The molecule has 0 fully saturated rings. The highest BCUT2D eigenvalue weighted by molar-refractivity contribution is 5.91. The number of carbonyl (C=O) groups excluding carboxylic acids is 1. The fourth-order valence-corrected chi connectivity index (χ4v) is 1.79. The molecule has 0 aliphatic heterocycles. The number of amides is 1. The molecule has 20 heavy (non-hydrogen) atoms. The van der Waals surface area contributed by atoms with Gasteiger partial charge >= 0.3 is 5.97 Å². The molecule has 0 spiro atoms. The topological polar surface area (TPSA) is 102 Å². The molecule has 0 saturated heterocycles. The van der Waals surface area contributed by atoms with E-state index in [0.29, 0.717) is 5.69 Å². The van der Waals surface area contributed by atoms with Crippen LogP contribution < -0.4 is 5.32 Å². The summed E-state index contributed by atoms with van der Waals surface area (Å²) in [5.74, 6) is -1.36. The molecule has 2 heterocycles. The second-order valence-electron chi connectivity index (χ2n) is 4.24. The van der Waals surface area contributed by atoms with Crippen LogP contribution in [0.3, 0.4) is 0 Å². The first-order chi connectivity index (χ1) is 9.51. The summed E-state index contributed by atoms with van der Waals surface area (Å²) in [5.41, 5.74) is 1.56. The maximum Gasteiger partial charge on any atom is 0.338 e. The van der Waals surface area contributed by atoms with Crippen molar-refractivity contribution in [3.63, 3.8) is 0 Å². The summed E-state index contributed by atoms with van der Waals surface area (Å²) in [7, 11) is 0. The lowest BCUT2D eigenvalue weighted by Crippen LogP contribution is -2.19. The number of aromatic carboxylic acids is 1. The molecule has 2 aromatic rings. The van der Waals surface area contributed by atoms with E-state index in [2.05, 4.69) is 15.5 Å². The minimum atomic E-state index is -1.07. The van der Waals surface area contributed by atoms with Crippen molar-refractivity contribution in [1.82, 2.24) is 19.6 Å². The maximum atomic E-state index is 11.9. The number of anilines is 1. The Morgan fingerprint density at radius 2 is 2.10 bits per heavy atom. The highest BCUT2D eigenvalue weighted by Gasteiger charge is 2.11. The molecule has 0 aromatic carbocycles. The molecule has 0 aliphatic carbocycles. The van der Waals surface area contributed by atoms with Crippen molar-refractivity contribution in [3.8, 4) is 0 Å². The highest BCUT2D eigenvalue weighted by atomic mass is 16.4. The van der Waals surface area contributed by atoms with Crippen LogP contribution in [0.4, 0.5) is 5.69 Å². The first-order valence-electron chi connectivity index (χ1n) is 6.09. The molecule has 0 radical (unpaired) electrons. The SMILES string of the molecule is CCn1ncc(NC(=O)Cn2cc(C(=O)O)cn2)c1C. The minimum absolute atomic E-state index is 0.0489. The molecule has 106 valence electrons. The number of hydrogen-bond donors (Lipinski definition) is 2. The van der Waals surface area contributed by atoms with Gasteiger partial charge in [0.15, 0.2) is 0 Å². The number of carboxylic acids is 1. The Kier molecular flexibility index (Phi) is 3.83. The molecule has 0 saturated carbocycles. The molecule has 1 amide bonds. The predicted octanol–water partition coefficient (Wildman–Crippen LogP) is 0.745. The van der Waals surface area contributed by atoms with E-state index in [1.807, 2.05) is 13.8 Å². The zero-order chi connectivity index (χ0) is 14.7. The van der Waals surface area contributed by atoms with E-state index in [-0.39, 0.29) is 18.0 Å². The van der Waals surface area contributed by atoms with Gasteiger partial charge in [0.2, 0.25) is 5.91 Å². The molecular formula is C12H15N5O3. The van der Waals surface area contributed by atoms with Crippen LogP contribution >= 0.6 is 0 Å². The summed E-state index contributed by atoms with van der Waals surface area (Å²) >= 11 is 0. The van der Waals surface area contributed by atoms with Crippen molar-refractivity contribution in [2.75, 3.05) is 5.32 Å². The van der Waals surface area contributed by atoms with Gasteiger partial charge in [0.1, 0.15) is 6.54 Å². The molecular weight excluding hydrogens is 262 g/mol.